The van der Waals surface area contributed by atoms with Crippen molar-refractivity contribution in [2.24, 2.45) is 0 Å². The van der Waals surface area contributed by atoms with Crippen LogP contribution in [0.4, 0.5) is 0 Å². The molecular formula is C14H21NO6. The van der Waals surface area contributed by atoms with Crippen LogP contribution in [-0.2, 0) is 4.74 Å². The van der Waals surface area contributed by atoms with Gasteiger partial charge in [0.1, 0.15) is 0 Å². The van der Waals surface area contributed by atoms with Crippen molar-refractivity contribution < 1.29 is 28.8 Å². The third kappa shape index (κ3) is 3.99. The number of nitrogens with one attached hydrogen (secondary N) is 1. The minimum Gasteiger partial charge on any atom is -0.493 e. The maximum atomic E-state index is 12.3. The number of hydrogen-bond acceptors (Lipinski definition) is 6. The van der Waals surface area contributed by atoms with E-state index in [0.29, 0.717) is 11.5 Å². The molecule has 0 saturated carbocycles. The van der Waals surface area contributed by atoms with Crippen LogP contribution in [0.3, 0.4) is 0 Å². The molecule has 7 heteroatoms. The van der Waals surface area contributed by atoms with E-state index in [1.807, 2.05) is 0 Å². The molecule has 1 atom stereocenters. The Labute approximate surface area is 123 Å². The highest BCUT2D eigenvalue weighted by molar-refractivity contribution is 5.98. The predicted octanol–water partition coefficient (Wildman–Crippen LogP) is 0.449. The van der Waals surface area contributed by atoms with Gasteiger partial charge in [-0.15, -0.1) is 0 Å². The lowest BCUT2D eigenvalue weighted by Crippen LogP contribution is -2.40. The molecule has 0 spiro atoms. The van der Waals surface area contributed by atoms with Gasteiger partial charge in [0.2, 0.25) is 5.75 Å². The molecule has 0 saturated heterocycles. The third-order valence-electron chi connectivity index (χ3n) is 2.87. The Kier molecular flexibility index (Phi) is 6.77. The summed E-state index contributed by atoms with van der Waals surface area (Å²) in [6.07, 6.45) is 0. The number of aliphatic hydroxyl groups is 1. The Balaban J connectivity index is 3.09. The van der Waals surface area contributed by atoms with Gasteiger partial charge in [0.25, 0.3) is 5.91 Å². The molecule has 1 rings (SSSR count). The Morgan fingerprint density at radius 1 is 1.14 bits per heavy atom. The van der Waals surface area contributed by atoms with Gasteiger partial charge in [0, 0.05) is 7.11 Å². The molecular weight excluding hydrogens is 278 g/mol. The Morgan fingerprint density at radius 3 is 2.29 bits per heavy atom. The van der Waals surface area contributed by atoms with Gasteiger partial charge in [-0.1, -0.05) is 0 Å². The molecule has 1 aromatic rings. The number of rotatable bonds is 8. The second-order valence-corrected chi connectivity index (χ2v) is 4.19. The quantitative estimate of drug-likeness (QED) is 0.725. The standard InChI is InChI=1S/C14H21NO6/c1-18-8-9(7-16)15-14(17)10-5-6-11(19-2)13(21-4)12(10)20-3/h5-6,9,16H,7-8H2,1-4H3,(H,15,17). The van der Waals surface area contributed by atoms with E-state index in [4.69, 9.17) is 18.9 Å². The highest BCUT2D eigenvalue weighted by atomic mass is 16.5. The number of amides is 1. The van der Waals surface area contributed by atoms with Crippen molar-refractivity contribution in [2.75, 3.05) is 41.7 Å². The van der Waals surface area contributed by atoms with Crippen LogP contribution in [0.5, 0.6) is 17.2 Å². The second kappa shape index (κ2) is 8.33. The Bertz CT molecular complexity index is 477. The molecule has 7 nitrogen and oxygen atoms in total. The summed E-state index contributed by atoms with van der Waals surface area (Å²) >= 11 is 0. The Hall–Kier alpha value is -1.99. The second-order valence-electron chi connectivity index (χ2n) is 4.19. The summed E-state index contributed by atoms with van der Waals surface area (Å²) in [6.45, 7) is -0.0208. The van der Waals surface area contributed by atoms with Gasteiger partial charge in [0.05, 0.1) is 46.1 Å². The summed E-state index contributed by atoms with van der Waals surface area (Å²) in [5, 5.41) is 11.8. The molecule has 0 bridgehead atoms. The lowest BCUT2D eigenvalue weighted by atomic mass is 10.1. The van der Waals surface area contributed by atoms with Gasteiger partial charge in [-0.3, -0.25) is 4.79 Å². The SMILES string of the molecule is COCC(CO)NC(=O)c1ccc(OC)c(OC)c1OC. The van der Waals surface area contributed by atoms with Crippen LogP contribution < -0.4 is 19.5 Å². The zero-order chi connectivity index (χ0) is 15.8. The fraction of sp³-hybridized carbons (Fsp3) is 0.500. The summed E-state index contributed by atoms with van der Waals surface area (Å²) < 4.78 is 20.5. The fourth-order valence-corrected chi connectivity index (χ4v) is 1.88. The van der Waals surface area contributed by atoms with Crippen molar-refractivity contribution in [3.63, 3.8) is 0 Å². The van der Waals surface area contributed by atoms with Crippen LogP contribution in [0.25, 0.3) is 0 Å². The molecule has 0 heterocycles. The van der Waals surface area contributed by atoms with E-state index in [1.54, 1.807) is 12.1 Å². The average molecular weight is 299 g/mol. The first-order valence-corrected chi connectivity index (χ1v) is 6.32. The summed E-state index contributed by atoms with van der Waals surface area (Å²) in [4.78, 5) is 12.3. The third-order valence-corrected chi connectivity index (χ3v) is 2.87. The number of aliphatic hydroxyl groups excluding tert-OH is 1. The molecule has 0 fully saturated rings. The molecule has 0 aliphatic rings. The number of carbonyl (C=O) groups excluding carboxylic acids is 1. The monoisotopic (exact) mass is 299 g/mol. The van der Waals surface area contributed by atoms with Gasteiger partial charge in [0.15, 0.2) is 11.5 Å². The Morgan fingerprint density at radius 2 is 1.81 bits per heavy atom. The maximum absolute atomic E-state index is 12.3. The highest BCUT2D eigenvalue weighted by Gasteiger charge is 2.22. The molecule has 0 aromatic heterocycles. The van der Waals surface area contributed by atoms with E-state index in [9.17, 15) is 9.90 Å². The van der Waals surface area contributed by atoms with Crippen molar-refractivity contribution in [3.8, 4) is 17.2 Å². The maximum Gasteiger partial charge on any atom is 0.255 e. The minimum absolute atomic E-state index is 0.206. The van der Waals surface area contributed by atoms with Gasteiger partial charge in [-0.2, -0.15) is 0 Å². The van der Waals surface area contributed by atoms with Crippen molar-refractivity contribution in [1.82, 2.24) is 5.32 Å². The number of benzene rings is 1. The molecule has 0 aliphatic carbocycles. The summed E-state index contributed by atoms with van der Waals surface area (Å²) in [7, 11) is 5.89. The largest absolute Gasteiger partial charge is 0.493 e. The number of methoxy groups -OCH3 is 4. The fourth-order valence-electron chi connectivity index (χ4n) is 1.88. The van der Waals surface area contributed by atoms with Crippen LogP contribution in [0.2, 0.25) is 0 Å². The molecule has 118 valence electrons. The van der Waals surface area contributed by atoms with Crippen LogP contribution in [0.1, 0.15) is 10.4 Å². The first-order chi connectivity index (χ1) is 10.1. The average Bonchev–Trinajstić information content (AvgIpc) is 2.52. The summed E-state index contributed by atoms with van der Waals surface area (Å²) in [5.41, 5.74) is 0.282. The van der Waals surface area contributed by atoms with Gasteiger partial charge in [-0.05, 0) is 12.1 Å². The predicted molar refractivity (Wildman–Crippen MR) is 76.3 cm³/mol. The molecule has 1 unspecified atom stereocenters. The van der Waals surface area contributed by atoms with E-state index in [2.05, 4.69) is 5.32 Å². The molecule has 0 radical (unpaired) electrons. The van der Waals surface area contributed by atoms with E-state index in [0.717, 1.165) is 0 Å². The van der Waals surface area contributed by atoms with Crippen LogP contribution in [-0.4, -0.2) is 58.7 Å². The topological polar surface area (TPSA) is 86.3 Å². The molecule has 0 aliphatic heterocycles. The van der Waals surface area contributed by atoms with Gasteiger partial charge >= 0.3 is 0 Å². The lowest BCUT2D eigenvalue weighted by Gasteiger charge is -2.18. The summed E-state index contributed by atoms with van der Waals surface area (Å²) in [5.74, 6) is 0.661. The smallest absolute Gasteiger partial charge is 0.255 e. The van der Waals surface area contributed by atoms with Crippen molar-refractivity contribution in [2.45, 2.75) is 6.04 Å². The molecule has 1 aromatic carbocycles. The first kappa shape index (κ1) is 17.1. The van der Waals surface area contributed by atoms with Crippen molar-refractivity contribution in [1.29, 1.82) is 0 Å². The molecule has 2 N–H and O–H groups in total. The number of ether oxygens (including phenoxy) is 4. The minimum atomic E-state index is -0.500. The van der Waals surface area contributed by atoms with Gasteiger partial charge < -0.3 is 29.4 Å². The van der Waals surface area contributed by atoms with E-state index in [1.165, 1.54) is 28.4 Å². The van der Waals surface area contributed by atoms with Gasteiger partial charge in [-0.25, -0.2) is 0 Å². The molecule has 21 heavy (non-hydrogen) atoms. The normalized spacial score (nSPS) is 11.7. The van der Waals surface area contributed by atoms with Crippen molar-refractivity contribution in [3.05, 3.63) is 17.7 Å². The van der Waals surface area contributed by atoms with Crippen LogP contribution in [0, 0.1) is 0 Å². The van der Waals surface area contributed by atoms with E-state index in [-0.39, 0.29) is 24.5 Å². The number of hydrogen-bond donors (Lipinski definition) is 2. The first-order valence-electron chi connectivity index (χ1n) is 6.32. The molecule has 1 amide bonds. The van der Waals surface area contributed by atoms with E-state index < -0.39 is 11.9 Å². The van der Waals surface area contributed by atoms with Crippen LogP contribution in [0.15, 0.2) is 12.1 Å². The van der Waals surface area contributed by atoms with Crippen molar-refractivity contribution >= 4 is 5.91 Å². The zero-order valence-electron chi connectivity index (χ0n) is 12.6. The summed E-state index contributed by atoms with van der Waals surface area (Å²) in [6, 6.07) is 2.68. The van der Waals surface area contributed by atoms with Crippen LogP contribution >= 0.6 is 0 Å². The number of carbonyl (C=O) groups is 1. The highest BCUT2D eigenvalue weighted by Crippen LogP contribution is 2.39. The van der Waals surface area contributed by atoms with E-state index >= 15 is 0 Å². The lowest BCUT2D eigenvalue weighted by molar-refractivity contribution is 0.0836. The zero-order valence-corrected chi connectivity index (χ0v) is 12.6.